The fourth-order valence-electron chi connectivity index (χ4n) is 2.74. The second-order valence-corrected chi connectivity index (χ2v) is 7.99. The maximum absolute atomic E-state index is 12.4. The van der Waals surface area contributed by atoms with Crippen LogP contribution in [0.15, 0.2) is 71.6 Å². The van der Waals surface area contributed by atoms with Crippen molar-refractivity contribution in [2.24, 2.45) is 0 Å². The Morgan fingerprint density at radius 3 is 2.47 bits per heavy atom. The van der Waals surface area contributed by atoms with E-state index in [9.17, 15) is 9.59 Å². The molecule has 0 bridgehead atoms. The van der Waals surface area contributed by atoms with Crippen molar-refractivity contribution >= 4 is 46.6 Å². The molecule has 2 amide bonds. The smallest absolute Gasteiger partial charge is 0.255 e. The zero-order chi connectivity index (χ0) is 21.5. The number of anilines is 2. The second-order valence-electron chi connectivity index (χ2n) is 6.54. The summed E-state index contributed by atoms with van der Waals surface area (Å²) in [6.07, 6.45) is 0. The van der Waals surface area contributed by atoms with E-state index in [1.54, 1.807) is 24.3 Å². The lowest BCUT2D eigenvalue weighted by atomic mass is 10.1. The zero-order valence-electron chi connectivity index (χ0n) is 16.6. The number of hydrogen-bond donors (Lipinski definition) is 2. The summed E-state index contributed by atoms with van der Waals surface area (Å²) in [5.74, 6) is 0.442. The quantitative estimate of drug-likeness (QED) is 0.466. The molecule has 0 radical (unpaired) electrons. The van der Waals surface area contributed by atoms with Crippen LogP contribution in [0.1, 0.15) is 15.9 Å². The van der Waals surface area contributed by atoms with Crippen LogP contribution in [-0.4, -0.2) is 24.7 Å². The Bertz CT molecular complexity index is 1070. The summed E-state index contributed by atoms with van der Waals surface area (Å²) >= 11 is 7.46. The first kappa shape index (κ1) is 21.7. The lowest BCUT2D eigenvalue weighted by molar-refractivity contribution is -0.113. The first-order valence-corrected chi connectivity index (χ1v) is 10.6. The number of methoxy groups -OCH3 is 1. The van der Waals surface area contributed by atoms with E-state index in [1.165, 1.54) is 18.9 Å². The predicted octanol–water partition coefficient (Wildman–Crippen LogP) is 5.64. The molecule has 0 aliphatic heterocycles. The second kappa shape index (κ2) is 10.2. The average molecular weight is 441 g/mol. The molecule has 30 heavy (non-hydrogen) atoms. The van der Waals surface area contributed by atoms with Gasteiger partial charge < -0.3 is 15.4 Å². The Balaban J connectivity index is 1.56. The van der Waals surface area contributed by atoms with Gasteiger partial charge in [-0.25, -0.2) is 0 Å². The van der Waals surface area contributed by atoms with Gasteiger partial charge in [0.05, 0.1) is 17.9 Å². The molecule has 0 aliphatic rings. The Labute approximate surface area is 184 Å². The van der Waals surface area contributed by atoms with Crippen LogP contribution < -0.4 is 15.4 Å². The van der Waals surface area contributed by atoms with Crippen molar-refractivity contribution in [2.45, 2.75) is 11.8 Å². The zero-order valence-corrected chi connectivity index (χ0v) is 18.1. The van der Waals surface area contributed by atoms with Gasteiger partial charge in [-0.1, -0.05) is 35.4 Å². The Morgan fingerprint density at radius 2 is 1.73 bits per heavy atom. The van der Waals surface area contributed by atoms with Gasteiger partial charge >= 0.3 is 0 Å². The highest BCUT2D eigenvalue weighted by Gasteiger charge is 2.09. The van der Waals surface area contributed by atoms with Crippen LogP contribution in [0.3, 0.4) is 0 Å². The third kappa shape index (κ3) is 6.02. The molecule has 0 saturated carbocycles. The van der Waals surface area contributed by atoms with Crippen LogP contribution in [-0.2, 0) is 4.79 Å². The van der Waals surface area contributed by atoms with Gasteiger partial charge in [0.25, 0.3) is 5.91 Å². The highest BCUT2D eigenvalue weighted by atomic mass is 35.5. The number of ether oxygens (including phenoxy) is 1. The fourth-order valence-corrected chi connectivity index (χ4v) is 3.76. The Hall–Kier alpha value is -2.96. The molecular formula is C23H21ClN2O3S. The molecule has 0 fully saturated rings. The number of aryl methyl sites for hydroxylation is 1. The van der Waals surface area contributed by atoms with Gasteiger partial charge in [0.15, 0.2) is 0 Å². The van der Waals surface area contributed by atoms with Gasteiger partial charge in [-0.05, 0) is 55.5 Å². The van der Waals surface area contributed by atoms with E-state index in [1.807, 2.05) is 49.4 Å². The molecule has 0 unspecified atom stereocenters. The first-order valence-electron chi connectivity index (χ1n) is 9.19. The molecule has 5 nitrogen and oxygen atoms in total. The molecular weight excluding hydrogens is 420 g/mol. The van der Waals surface area contributed by atoms with Crippen molar-refractivity contribution in [1.29, 1.82) is 0 Å². The molecule has 2 N–H and O–H groups in total. The van der Waals surface area contributed by atoms with Crippen molar-refractivity contribution in [2.75, 3.05) is 23.5 Å². The van der Waals surface area contributed by atoms with Crippen molar-refractivity contribution in [3.63, 3.8) is 0 Å². The van der Waals surface area contributed by atoms with Crippen LogP contribution >= 0.6 is 23.4 Å². The molecule has 3 aromatic carbocycles. The van der Waals surface area contributed by atoms with Crippen LogP contribution in [0.25, 0.3) is 0 Å². The lowest BCUT2D eigenvalue weighted by Gasteiger charge is -2.09. The standard InChI is InChI=1S/C23H21ClN2O3S/c1-15-5-3-6-16(11-15)23(28)26-17-7-4-8-19(12-17)30-14-22(27)25-18-9-10-21(29-2)20(24)13-18/h3-13H,14H2,1-2H3,(H,25,27)(H,26,28). The number of halogens is 1. The van der Waals surface area contributed by atoms with Crippen LogP contribution in [0, 0.1) is 6.92 Å². The summed E-state index contributed by atoms with van der Waals surface area (Å²) in [5.41, 5.74) is 2.90. The normalized spacial score (nSPS) is 10.4. The van der Waals surface area contributed by atoms with Crippen molar-refractivity contribution < 1.29 is 14.3 Å². The van der Waals surface area contributed by atoms with Crippen LogP contribution in [0.2, 0.25) is 5.02 Å². The third-order valence-corrected chi connectivity index (χ3v) is 5.47. The van der Waals surface area contributed by atoms with Gasteiger partial charge in [-0.2, -0.15) is 0 Å². The number of benzene rings is 3. The van der Waals surface area contributed by atoms with Gasteiger partial charge in [0.1, 0.15) is 5.75 Å². The number of nitrogens with one attached hydrogen (secondary N) is 2. The molecule has 0 aromatic heterocycles. The number of hydrogen-bond acceptors (Lipinski definition) is 4. The molecule has 3 aromatic rings. The topological polar surface area (TPSA) is 67.4 Å². The van der Waals surface area contributed by atoms with Crippen LogP contribution in [0.4, 0.5) is 11.4 Å². The Morgan fingerprint density at radius 1 is 0.967 bits per heavy atom. The number of thioether (sulfide) groups is 1. The van der Waals surface area contributed by atoms with Crippen molar-refractivity contribution in [3.05, 3.63) is 82.9 Å². The summed E-state index contributed by atoms with van der Waals surface area (Å²) in [7, 11) is 1.54. The number of carbonyl (C=O) groups excluding carboxylic acids is 2. The van der Waals surface area contributed by atoms with E-state index >= 15 is 0 Å². The van der Waals surface area contributed by atoms with Gasteiger partial charge in [0.2, 0.25) is 5.91 Å². The Kier molecular flexibility index (Phi) is 7.38. The van der Waals surface area contributed by atoms with E-state index in [0.717, 1.165) is 10.5 Å². The summed E-state index contributed by atoms with van der Waals surface area (Å²) in [6, 6.07) is 19.9. The molecule has 0 spiro atoms. The van der Waals surface area contributed by atoms with Gasteiger partial charge in [-0.3, -0.25) is 9.59 Å². The monoisotopic (exact) mass is 440 g/mol. The van der Waals surface area contributed by atoms with Crippen molar-refractivity contribution in [1.82, 2.24) is 0 Å². The van der Waals surface area contributed by atoms with Crippen molar-refractivity contribution in [3.8, 4) is 5.75 Å². The van der Waals surface area contributed by atoms with Crippen LogP contribution in [0.5, 0.6) is 5.75 Å². The molecule has 154 valence electrons. The minimum absolute atomic E-state index is 0.157. The lowest BCUT2D eigenvalue weighted by Crippen LogP contribution is -2.14. The average Bonchev–Trinajstić information content (AvgIpc) is 2.73. The highest BCUT2D eigenvalue weighted by molar-refractivity contribution is 8.00. The molecule has 3 rings (SSSR count). The van der Waals surface area contributed by atoms with E-state index in [4.69, 9.17) is 16.3 Å². The minimum Gasteiger partial charge on any atom is -0.495 e. The maximum atomic E-state index is 12.4. The number of carbonyl (C=O) groups is 2. The predicted molar refractivity (Wildman–Crippen MR) is 123 cm³/mol. The summed E-state index contributed by atoms with van der Waals surface area (Å²) in [4.78, 5) is 25.5. The fraction of sp³-hybridized carbons (Fsp3) is 0.130. The first-order chi connectivity index (χ1) is 14.4. The van der Waals surface area contributed by atoms with E-state index in [2.05, 4.69) is 10.6 Å². The van der Waals surface area contributed by atoms with E-state index in [-0.39, 0.29) is 17.6 Å². The minimum atomic E-state index is -0.171. The molecule has 7 heteroatoms. The number of amides is 2. The van der Waals surface area contributed by atoms with E-state index < -0.39 is 0 Å². The summed E-state index contributed by atoms with van der Waals surface area (Å²) in [5, 5.41) is 6.13. The highest BCUT2D eigenvalue weighted by Crippen LogP contribution is 2.28. The van der Waals surface area contributed by atoms with E-state index in [0.29, 0.717) is 27.7 Å². The SMILES string of the molecule is COc1ccc(NC(=O)CSc2cccc(NC(=O)c3cccc(C)c3)c2)cc1Cl. The third-order valence-electron chi connectivity index (χ3n) is 4.18. The van der Waals surface area contributed by atoms with Gasteiger partial charge in [-0.15, -0.1) is 11.8 Å². The maximum Gasteiger partial charge on any atom is 0.255 e. The molecule has 0 aliphatic carbocycles. The molecule has 0 saturated heterocycles. The largest absolute Gasteiger partial charge is 0.495 e. The number of rotatable bonds is 7. The molecule has 0 heterocycles. The summed E-state index contributed by atoms with van der Waals surface area (Å²) in [6.45, 7) is 1.94. The van der Waals surface area contributed by atoms with Gasteiger partial charge in [0, 0.05) is 21.8 Å². The molecule has 0 atom stereocenters. The summed E-state index contributed by atoms with van der Waals surface area (Å²) < 4.78 is 5.10.